The van der Waals surface area contributed by atoms with Crippen LogP contribution in [0.3, 0.4) is 0 Å². The van der Waals surface area contributed by atoms with Crippen LogP contribution in [0.5, 0.6) is 0 Å². The van der Waals surface area contributed by atoms with E-state index in [0.29, 0.717) is 6.54 Å². The number of carbonyl (C=O) groups is 1. The van der Waals surface area contributed by atoms with E-state index < -0.39 is 0 Å². The van der Waals surface area contributed by atoms with Crippen LogP contribution in [-0.2, 0) is 4.79 Å². The number of amides is 1. The maximum atomic E-state index is 11.4. The average molecular weight is 200 g/mol. The SMILES string of the molecule is CNC(=O)C1CCCN(CC(C)O)C1. The molecule has 4 heteroatoms. The molecule has 1 fully saturated rings. The normalized spacial score (nSPS) is 25.8. The van der Waals surface area contributed by atoms with Gasteiger partial charge in [-0.25, -0.2) is 0 Å². The van der Waals surface area contributed by atoms with Crippen LogP contribution in [0.4, 0.5) is 0 Å². The second-order valence-electron chi connectivity index (χ2n) is 4.06. The van der Waals surface area contributed by atoms with Crippen LogP contribution < -0.4 is 5.32 Å². The molecule has 0 aromatic heterocycles. The van der Waals surface area contributed by atoms with Crippen LogP contribution in [-0.4, -0.2) is 48.7 Å². The molecule has 0 spiro atoms. The van der Waals surface area contributed by atoms with Crippen molar-refractivity contribution in [2.24, 2.45) is 5.92 Å². The number of hydrogen-bond donors (Lipinski definition) is 2. The lowest BCUT2D eigenvalue weighted by atomic mass is 9.97. The lowest BCUT2D eigenvalue weighted by Crippen LogP contribution is -2.44. The molecule has 1 heterocycles. The number of aliphatic hydroxyl groups is 1. The molecule has 1 saturated heterocycles. The number of β-amino-alcohol motifs (C(OH)–C–C–N with tert-alkyl or cyclic N) is 1. The molecule has 1 aliphatic heterocycles. The molecule has 14 heavy (non-hydrogen) atoms. The molecule has 0 saturated carbocycles. The first-order valence-corrected chi connectivity index (χ1v) is 5.25. The Kier molecular flexibility index (Phi) is 4.35. The van der Waals surface area contributed by atoms with E-state index in [1.807, 2.05) is 0 Å². The van der Waals surface area contributed by atoms with Gasteiger partial charge in [0, 0.05) is 20.1 Å². The third-order valence-electron chi connectivity index (χ3n) is 2.65. The van der Waals surface area contributed by atoms with Gasteiger partial charge < -0.3 is 10.4 Å². The van der Waals surface area contributed by atoms with Crippen LogP contribution >= 0.6 is 0 Å². The highest BCUT2D eigenvalue weighted by Gasteiger charge is 2.25. The first-order valence-electron chi connectivity index (χ1n) is 5.25. The van der Waals surface area contributed by atoms with Crippen LogP contribution in [0.1, 0.15) is 19.8 Å². The van der Waals surface area contributed by atoms with Gasteiger partial charge in [-0.3, -0.25) is 9.69 Å². The highest BCUT2D eigenvalue weighted by molar-refractivity contribution is 5.78. The van der Waals surface area contributed by atoms with Gasteiger partial charge in [-0.15, -0.1) is 0 Å². The minimum Gasteiger partial charge on any atom is -0.392 e. The Morgan fingerprint density at radius 2 is 2.43 bits per heavy atom. The van der Waals surface area contributed by atoms with Gasteiger partial charge in [-0.05, 0) is 26.3 Å². The summed E-state index contributed by atoms with van der Waals surface area (Å²) in [5.74, 6) is 0.229. The molecule has 0 aromatic carbocycles. The second kappa shape index (κ2) is 5.32. The van der Waals surface area contributed by atoms with Gasteiger partial charge >= 0.3 is 0 Å². The van der Waals surface area contributed by atoms with E-state index >= 15 is 0 Å². The molecule has 0 aliphatic carbocycles. The monoisotopic (exact) mass is 200 g/mol. The summed E-state index contributed by atoms with van der Waals surface area (Å²) in [5.41, 5.74) is 0. The summed E-state index contributed by atoms with van der Waals surface area (Å²) in [4.78, 5) is 13.6. The van der Waals surface area contributed by atoms with Crippen molar-refractivity contribution in [3.63, 3.8) is 0 Å². The zero-order valence-electron chi connectivity index (χ0n) is 8.99. The molecule has 0 radical (unpaired) electrons. The van der Waals surface area contributed by atoms with Crippen molar-refractivity contribution in [2.75, 3.05) is 26.7 Å². The Labute approximate surface area is 85.3 Å². The van der Waals surface area contributed by atoms with Crippen molar-refractivity contribution in [2.45, 2.75) is 25.9 Å². The van der Waals surface area contributed by atoms with Gasteiger partial charge in [0.1, 0.15) is 0 Å². The predicted molar refractivity (Wildman–Crippen MR) is 54.9 cm³/mol. The number of aliphatic hydroxyl groups excluding tert-OH is 1. The van der Waals surface area contributed by atoms with E-state index in [4.69, 9.17) is 0 Å². The number of rotatable bonds is 3. The molecule has 2 atom stereocenters. The minimum atomic E-state index is -0.307. The summed E-state index contributed by atoms with van der Waals surface area (Å²) in [5, 5.41) is 11.9. The van der Waals surface area contributed by atoms with E-state index in [-0.39, 0.29) is 17.9 Å². The Hall–Kier alpha value is -0.610. The van der Waals surface area contributed by atoms with Crippen molar-refractivity contribution in [3.05, 3.63) is 0 Å². The van der Waals surface area contributed by atoms with Crippen LogP contribution in [0.2, 0.25) is 0 Å². The minimum absolute atomic E-state index is 0.104. The van der Waals surface area contributed by atoms with E-state index in [1.165, 1.54) is 0 Å². The number of nitrogens with one attached hydrogen (secondary N) is 1. The first kappa shape index (κ1) is 11.5. The maximum Gasteiger partial charge on any atom is 0.224 e. The zero-order valence-corrected chi connectivity index (χ0v) is 8.99. The Morgan fingerprint density at radius 3 is 3.00 bits per heavy atom. The molecule has 0 aromatic rings. The van der Waals surface area contributed by atoms with Gasteiger partial charge in [-0.1, -0.05) is 0 Å². The average Bonchev–Trinajstić information content (AvgIpc) is 2.16. The van der Waals surface area contributed by atoms with E-state index in [2.05, 4.69) is 10.2 Å². The highest BCUT2D eigenvalue weighted by Crippen LogP contribution is 2.16. The molecule has 1 aliphatic rings. The van der Waals surface area contributed by atoms with Gasteiger partial charge in [-0.2, -0.15) is 0 Å². The fraction of sp³-hybridized carbons (Fsp3) is 0.900. The number of hydrogen-bond acceptors (Lipinski definition) is 3. The standard InChI is InChI=1S/C10H20N2O2/c1-8(13)6-12-5-3-4-9(7-12)10(14)11-2/h8-9,13H,3-7H2,1-2H3,(H,11,14). The van der Waals surface area contributed by atoms with Crippen molar-refractivity contribution < 1.29 is 9.90 Å². The number of carbonyl (C=O) groups excluding carboxylic acids is 1. The van der Waals surface area contributed by atoms with Crippen molar-refractivity contribution in [1.82, 2.24) is 10.2 Å². The largest absolute Gasteiger partial charge is 0.392 e. The summed E-state index contributed by atoms with van der Waals surface area (Å²) in [7, 11) is 1.68. The number of likely N-dealkylation sites (tertiary alicyclic amines) is 1. The lowest BCUT2D eigenvalue weighted by molar-refractivity contribution is -0.126. The topological polar surface area (TPSA) is 52.6 Å². The zero-order chi connectivity index (χ0) is 10.6. The quantitative estimate of drug-likeness (QED) is 0.665. The fourth-order valence-corrected chi connectivity index (χ4v) is 2.01. The lowest BCUT2D eigenvalue weighted by Gasteiger charge is -2.32. The second-order valence-corrected chi connectivity index (χ2v) is 4.06. The molecule has 2 N–H and O–H groups in total. The van der Waals surface area contributed by atoms with Crippen LogP contribution in [0.15, 0.2) is 0 Å². The van der Waals surface area contributed by atoms with Gasteiger partial charge in [0.2, 0.25) is 5.91 Å². The molecular weight excluding hydrogens is 180 g/mol. The van der Waals surface area contributed by atoms with Crippen LogP contribution in [0, 0.1) is 5.92 Å². The van der Waals surface area contributed by atoms with Gasteiger partial charge in [0.05, 0.1) is 12.0 Å². The van der Waals surface area contributed by atoms with E-state index in [9.17, 15) is 9.90 Å². The summed E-state index contributed by atoms with van der Waals surface area (Å²) >= 11 is 0. The fourth-order valence-electron chi connectivity index (χ4n) is 2.01. The number of piperidine rings is 1. The smallest absolute Gasteiger partial charge is 0.224 e. The summed E-state index contributed by atoms with van der Waals surface area (Å²) in [6.07, 6.45) is 1.71. The molecule has 0 bridgehead atoms. The highest BCUT2D eigenvalue weighted by atomic mass is 16.3. The third kappa shape index (κ3) is 3.27. The Bertz CT molecular complexity index is 195. The molecule has 82 valence electrons. The first-order chi connectivity index (χ1) is 6.63. The van der Waals surface area contributed by atoms with E-state index in [0.717, 1.165) is 25.9 Å². The summed E-state index contributed by atoms with van der Waals surface area (Å²) in [6, 6.07) is 0. The number of nitrogens with zero attached hydrogens (tertiary/aromatic N) is 1. The third-order valence-corrected chi connectivity index (χ3v) is 2.65. The van der Waals surface area contributed by atoms with Crippen LogP contribution in [0.25, 0.3) is 0 Å². The Morgan fingerprint density at radius 1 is 1.71 bits per heavy atom. The van der Waals surface area contributed by atoms with Crippen molar-refractivity contribution in [1.29, 1.82) is 0 Å². The summed E-state index contributed by atoms with van der Waals surface area (Å²) < 4.78 is 0. The van der Waals surface area contributed by atoms with Crippen molar-refractivity contribution >= 4 is 5.91 Å². The molecule has 4 nitrogen and oxygen atoms in total. The molecule has 2 unspecified atom stereocenters. The Balaban J connectivity index is 2.39. The maximum absolute atomic E-state index is 11.4. The van der Waals surface area contributed by atoms with Crippen molar-refractivity contribution in [3.8, 4) is 0 Å². The van der Waals surface area contributed by atoms with Gasteiger partial charge in [0.15, 0.2) is 0 Å². The molecular formula is C10H20N2O2. The van der Waals surface area contributed by atoms with Gasteiger partial charge in [0.25, 0.3) is 0 Å². The summed E-state index contributed by atoms with van der Waals surface area (Å²) in [6.45, 7) is 4.24. The van der Waals surface area contributed by atoms with E-state index in [1.54, 1.807) is 14.0 Å². The molecule has 1 rings (SSSR count). The predicted octanol–water partition coefficient (Wildman–Crippen LogP) is -0.175. The molecule has 1 amide bonds.